The van der Waals surface area contributed by atoms with E-state index in [0.29, 0.717) is 37.4 Å². The Morgan fingerprint density at radius 2 is 2.09 bits per heavy atom. The highest BCUT2D eigenvalue weighted by molar-refractivity contribution is 7.19. The van der Waals surface area contributed by atoms with Gasteiger partial charge in [-0.2, -0.15) is 0 Å². The van der Waals surface area contributed by atoms with E-state index in [1.54, 1.807) is 24.6 Å². The minimum Gasteiger partial charge on any atom is -0.479 e. The molecule has 0 aliphatic carbocycles. The number of piperazine rings is 1. The minimum absolute atomic E-state index is 0.0156. The first-order chi connectivity index (χ1) is 16.0. The van der Waals surface area contributed by atoms with Crippen molar-refractivity contribution in [2.45, 2.75) is 25.4 Å². The molecule has 9 heteroatoms. The first kappa shape index (κ1) is 22.1. The second-order valence-corrected chi connectivity index (χ2v) is 9.86. The Morgan fingerprint density at radius 3 is 2.88 bits per heavy atom. The fourth-order valence-corrected chi connectivity index (χ4v) is 5.82. The number of ether oxygens (including phenoxy) is 1. The molecule has 0 saturated carbocycles. The van der Waals surface area contributed by atoms with Crippen molar-refractivity contribution >= 4 is 45.0 Å². The van der Waals surface area contributed by atoms with E-state index in [1.165, 1.54) is 0 Å². The molecule has 2 aliphatic rings. The third kappa shape index (κ3) is 4.43. The summed E-state index contributed by atoms with van der Waals surface area (Å²) >= 11 is 8.12. The second-order valence-electron chi connectivity index (χ2n) is 8.29. The molecule has 1 atom stereocenters. The number of rotatable bonds is 5. The molecule has 3 aromatic rings. The maximum absolute atomic E-state index is 13.1. The number of hydrogen-bond donors (Lipinski definition) is 2. The van der Waals surface area contributed by atoms with E-state index < -0.39 is 6.10 Å². The van der Waals surface area contributed by atoms with Gasteiger partial charge in [-0.25, -0.2) is 0 Å². The van der Waals surface area contributed by atoms with Crippen LogP contribution in [-0.2, 0) is 22.4 Å². The van der Waals surface area contributed by atoms with E-state index in [9.17, 15) is 9.59 Å². The molecule has 5 rings (SSSR count). The third-order valence-corrected chi connectivity index (χ3v) is 7.57. The van der Waals surface area contributed by atoms with Crippen LogP contribution in [0.25, 0.3) is 21.3 Å². The molecule has 2 aliphatic heterocycles. The van der Waals surface area contributed by atoms with Crippen LogP contribution >= 0.6 is 22.9 Å². The summed E-state index contributed by atoms with van der Waals surface area (Å²) in [5.41, 5.74) is 3.68. The fraction of sp³-hybridized carbons (Fsp3) is 0.375. The van der Waals surface area contributed by atoms with Crippen LogP contribution in [0.15, 0.2) is 30.5 Å². The van der Waals surface area contributed by atoms with E-state index in [-0.39, 0.29) is 11.8 Å². The molecule has 1 aromatic carbocycles. The summed E-state index contributed by atoms with van der Waals surface area (Å²) in [5.74, 6) is 0.768. The molecule has 1 fully saturated rings. The molecule has 7 nitrogen and oxygen atoms in total. The Morgan fingerprint density at radius 1 is 1.27 bits per heavy atom. The number of carbonyl (C=O) groups excluding carboxylic acids is 2. The number of fused-ring (bicyclic) bond motifs is 2. The lowest BCUT2D eigenvalue weighted by molar-refractivity contribution is -0.138. The molecule has 2 N–H and O–H groups in total. The van der Waals surface area contributed by atoms with Crippen LogP contribution in [0, 0.1) is 0 Å². The van der Waals surface area contributed by atoms with E-state index in [0.717, 1.165) is 50.6 Å². The number of benzene rings is 1. The summed E-state index contributed by atoms with van der Waals surface area (Å²) in [6.45, 7) is 3.00. The number of nitrogens with zero attached hydrogens (tertiary/aromatic N) is 2. The fourth-order valence-electron chi connectivity index (χ4n) is 4.44. The Labute approximate surface area is 201 Å². The van der Waals surface area contributed by atoms with Crippen molar-refractivity contribution < 1.29 is 14.3 Å². The number of hydrogen-bond acceptors (Lipinski definition) is 6. The second kappa shape index (κ2) is 9.29. The van der Waals surface area contributed by atoms with Crippen molar-refractivity contribution in [3.8, 4) is 16.9 Å². The van der Waals surface area contributed by atoms with Crippen molar-refractivity contribution in [3.05, 3.63) is 45.9 Å². The molecule has 1 unspecified atom stereocenters. The summed E-state index contributed by atoms with van der Waals surface area (Å²) < 4.78 is 7.30. The number of pyridine rings is 1. The van der Waals surface area contributed by atoms with E-state index in [2.05, 4.69) is 15.6 Å². The number of nitrogens with one attached hydrogen (secondary N) is 2. The van der Waals surface area contributed by atoms with Crippen LogP contribution in [0.3, 0.4) is 0 Å². The van der Waals surface area contributed by atoms with Gasteiger partial charge in [0.1, 0.15) is 5.75 Å². The summed E-state index contributed by atoms with van der Waals surface area (Å²) in [6, 6.07) is 7.79. The van der Waals surface area contributed by atoms with E-state index in [1.807, 2.05) is 29.2 Å². The number of halogens is 1. The molecule has 0 spiro atoms. The average molecular weight is 485 g/mol. The predicted molar refractivity (Wildman–Crippen MR) is 130 cm³/mol. The highest BCUT2D eigenvalue weighted by atomic mass is 35.5. The zero-order valence-electron chi connectivity index (χ0n) is 18.3. The lowest BCUT2D eigenvalue weighted by Crippen LogP contribution is -2.50. The van der Waals surface area contributed by atoms with Crippen LogP contribution in [0.2, 0.25) is 5.02 Å². The standard InChI is InChI=1S/C24H25ClN4O3S/c1-26-21(30)3-2-16-13-19-23(33-16)17(4-5-28-19)18-12-15(25)10-14-11-20(32-22(14)18)24(31)29-8-6-27-7-9-29/h4-5,10,12-13,20,27H,2-3,6-9,11H2,1H3,(H,26,30). The molecule has 2 amide bonds. The van der Waals surface area contributed by atoms with Crippen LogP contribution in [0.1, 0.15) is 16.9 Å². The molecule has 4 heterocycles. The van der Waals surface area contributed by atoms with Crippen LogP contribution in [0.5, 0.6) is 5.75 Å². The zero-order chi connectivity index (χ0) is 22.9. The molecule has 172 valence electrons. The van der Waals surface area contributed by atoms with Gasteiger partial charge in [0.05, 0.1) is 10.2 Å². The highest BCUT2D eigenvalue weighted by Gasteiger charge is 2.35. The van der Waals surface area contributed by atoms with Gasteiger partial charge >= 0.3 is 0 Å². The van der Waals surface area contributed by atoms with Crippen LogP contribution in [0.4, 0.5) is 0 Å². The Hall–Kier alpha value is -2.68. The Bertz CT molecular complexity index is 1220. The summed E-state index contributed by atoms with van der Waals surface area (Å²) in [4.78, 5) is 32.2. The normalized spacial score (nSPS) is 17.6. The van der Waals surface area contributed by atoms with Crippen LogP contribution in [-0.4, -0.2) is 61.0 Å². The van der Waals surface area contributed by atoms with Crippen molar-refractivity contribution in [1.82, 2.24) is 20.5 Å². The van der Waals surface area contributed by atoms with Gasteiger partial charge in [-0.3, -0.25) is 14.6 Å². The van der Waals surface area contributed by atoms with Gasteiger partial charge in [-0.1, -0.05) is 11.6 Å². The number of carbonyl (C=O) groups is 2. The van der Waals surface area contributed by atoms with Crippen molar-refractivity contribution in [2.24, 2.45) is 0 Å². The first-order valence-corrected chi connectivity index (χ1v) is 12.3. The SMILES string of the molecule is CNC(=O)CCc1cc2nccc(-c3cc(Cl)cc4c3OC(C(=O)N3CCNCC3)C4)c2s1. The molecule has 0 bridgehead atoms. The molecule has 0 radical (unpaired) electrons. The molecule has 2 aromatic heterocycles. The number of thiophene rings is 1. The highest BCUT2D eigenvalue weighted by Crippen LogP contribution is 2.44. The van der Waals surface area contributed by atoms with E-state index >= 15 is 0 Å². The Balaban J connectivity index is 1.47. The largest absolute Gasteiger partial charge is 0.479 e. The van der Waals surface area contributed by atoms with Crippen molar-refractivity contribution in [3.63, 3.8) is 0 Å². The maximum atomic E-state index is 13.1. The number of aryl methyl sites for hydroxylation is 1. The third-order valence-electron chi connectivity index (χ3n) is 6.13. The summed E-state index contributed by atoms with van der Waals surface area (Å²) in [6.07, 6.45) is 2.86. The van der Waals surface area contributed by atoms with Gasteiger partial charge in [0.25, 0.3) is 5.91 Å². The molecular weight excluding hydrogens is 460 g/mol. The summed E-state index contributed by atoms with van der Waals surface area (Å²) in [7, 11) is 1.65. The van der Waals surface area contributed by atoms with Gasteiger partial charge in [0.2, 0.25) is 5.91 Å². The van der Waals surface area contributed by atoms with Gasteiger partial charge in [-0.05, 0) is 30.7 Å². The van der Waals surface area contributed by atoms with Gasteiger partial charge in [-0.15, -0.1) is 11.3 Å². The zero-order valence-corrected chi connectivity index (χ0v) is 19.9. The first-order valence-electron chi connectivity index (χ1n) is 11.1. The monoisotopic (exact) mass is 484 g/mol. The van der Waals surface area contributed by atoms with Gasteiger partial charge < -0.3 is 20.3 Å². The minimum atomic E-state index is -0.529. The van der Waals surface area contributed by atoms with Crippen molar-refractivity contribution in [2.75, 3.05) is 33.2 Å². The Kier molecular flexibility index (Phi) is 6.23. The molecule has 1 saturated heterocycles. The van der Waals surface area contributed by atoms with Gasteiger partial charge in [0.15, 0.2) is 6.10 Å². The predicted octanol–water partition coefficient (Wildman–Crippen LogP) is 3.03. The van der Waals surface area contributed by atoms with Crippen LogP contribution < -0.4 is 15.4 Å². The number of amides is 2. The summed E-state index contributed by atoms with van der Waals surface area (Å²) in [5, 5.41) is 6.55. The topological polar surface area (TPSA) is 83.6 Å². The average Bonchev–Trinajstić information content (AvgIpc) is 3.45. The van der Waals surface area contributed by atoms with Crippen molar-refractivity contribution in [1.29, 1.82) is 0 Å². The lowest BCUT2D eigenvalue weighted by atomic mass is 10.0. The number of aromatic nitrogens is 1. The van der Waals surface area contributed by atoms with E-state index in [4.69, 9.17) is 16.3 Å². The molecular formula is C24H25ClN4O3S. The lowest BCUT2D eigenvalue weighted by Gasteiger charge is -2.29. The smallest absolute Gasteiger partial charge is 0.264 e. The van der Waals surface area contributed by atoms with Gasteiger partial charge in [0, 0.05) is 78.9 Å². The quantitative estimate of drug-likeness (QED) is 0.581. The molecule has 33 heavy (non-hydrogen) atoms. The maximum Gasteiger partial charge on any atom is 0.264 e.